The highest BCUT2D eigenvalue weighted by atomic mass is 16.5. The number of imide groups is 1. The molecule has 0 saturated heterocycles. The fourth-order valence-corrected chi connectivity index (χ4v) is 3.44. The van der Waals surface area contributed by atoms with Crippen LogP contribution in [0.2, 0.25) is 0 Å². The molecule has 0 saturated carbocycles. The predicted molar refractivity (Wildman–Crippen MR) is 113 cm³/mol. The third-order valence-electron chi connectivity index (χ3n) is 5.06. The van der Waals surface area contributed by atoms with Crippen LogP contribution in [-0.4, -0.2) is 41.2 Å². The topological polar surface area (TPSA) is 123 Å². The molecule has 0 bridgehead atoms. The van der Waals surface area contributed by atoms with Gasteiger partial charge in [0.1, 0.15) is 22.9 Å². The summed E-state index contributed by atoms with van der Waals surface area (Å²) in [5, 5.41) is 2.99. The number of amides is 3. The SMILES string of the molecule is CCNC(=O)c1cc2ccc(OC(=O)C(C)N3C(=O)c4ccccc4C3=O)cc2oc1=O. The molecule has 2 heterocycles. The standard InChI is InChI=1S/C23H18N2O7/c1-3-24-19(26)17-10-13-8-9-14(11-18(13)32-23(17)30)31-22(29)12(2)25-20(27)15-6-4-5-7-16(15)21(25)28/h4-12H,3H2,1-2H3,(H,24,26). The summed E-state index contributed by atoms with van der Waals surface area (Å²) in [5.41, 5.74) is -0.392. The first-order valence-corrected chi connectivity index (χ1v) is 9.86. The smallest absolute Gasteiger partial charge is 0.349 e. The van der Waals surface area contributed by atoms with E-state index >= 15 is 0 Å². The van der Waals surface area contributed by atoms with Gasteiger partial charge in [-0.2, -0.15) is 0 Å². The van der Waals surface area contributed by atoms with Crippen molar-refractivity contribution in [2.45, 2.75) is 19.9 Å². The van der Waals surface area contributed by atoms with Crippen LogP contribution in [0.3, 0.4) is 0 Å². The zero-order chi connectivity index (χ0) is 23.0. The normalized spacial score (nSPS) is 13.8. The number of nitrogens with zero attached hydrogens (tertiary/aromatic N) is 1. The highest BCUT2D eigenvalue weighted by Gasteiger charge is 2.41. The first kappa shape index (κ1) is 21.0. The molecule has 1 unspecified atom stereocenters. The summed E-state index contributed by atoms with van der Waals surface area (Å²) in [5.74, 6) is -2.47. The van der Waals surface area contributed by atoms with Gasteiger partial charge in [0.2, 0.25) is 0 Å². The number of rotatable bonds is 5. The van der Waals surface area contributed by atoms with Crippen molar-refractivity contribution in [3.8, 4) is 5.75 Å². The van der Waals surface area contributed by atoms with Crippen LogP contribution in [0.4, 0.5) is 0 Å². The Kier molecular flexibility index (Phi) is 5.31. The number of carbonyl (C=O) groups is 4. The average molecular weight is 434 g/mol. The Labute approximate surface area is 181 Å². The number of ether oxygens (including phenoxy) is 1. The molecule has 3 amide bonds. The van der Waals surface area contributed by atoms with Crippen molar-refractivity contribution in [2.75, 3.05) is 6.54 Å². The third kappa shape index (κ3) is 3.53. The Balaban J connectivity index is 1.56. The molecule has 1 aliphatic rings. The Morgan fingerprint density at radius 1 is 1.03 bits per heavy atom. The van der Waals surface area contributed by atoms with Gasteiger partial charge in [0.25, 0.3) is 17.7 Å². The molecule has 1 N–H and O–H groups in total. The summed E-state index contributed by atoms with van der Waals surface area (Å²) in [7, 11) is 0. The van der Waals surface area contributed by atoms with E-state index in [1.54, 1.807) is 19.1 Å². The zero-order valence-electron chi connectivity index (χ0n) is 17.2. The van der Waals surface area contributed by atoms with E-state index in [0.717, 1.165) is 4.90 Å². The van der Waals surface area contributed by atoms with E-state index in [0.29, 0.717) is 11.9 Å². The highest BCUT2D eigenvalue weighted by Crippen LogP contribution is 2.26. The maximum absolute atomic E-state index is 12.6. The second kappa shape index (κ2) is 8.10. The minimum Gasteiger partial charge on any atom is -0.425 e. The van der Waals surface area contributed by atoms with Crippen LogP contribution in [0.5, 0.6) is 5.75 Å². The number of nitrogens with one attached hydrogen (secondary N) is 1. The third-order valence-corrected chi connectivity index (χ3v) is 5.06. The number of benzene rings is 2. The molecule has 3 aromatic rings. The lowest BCUT2D eigenvalue weighted by molar-refractivity contribution is -0.138. The van der Waals surface area contributed by atoms with Gasteiger partial charge in [-0.25, -0.2) is 9.59 Å². The number of hydrogen-bond acceptors (Lipinski definition) is 7. The minimum absolute atomic E-state index is 0.0554. The molecule has 1 aromatic heterocycles. The van der Waals surface area contributed by atoms with E-state index in [1.807, 2.05) is 0 Å². The summed E-state index contributed by atoms with van der Waals surface area (Å²) in [6, 6.07) is 10.8. The monoisotopic (exact) mass is 434 g/mol. The van der Waals surface area contributed by atoms with Crippen molar-refractivity contribution in [3.05, 3.63) is 75.6 Å². The van der Waals surface area contributed by atoms with E-state index in [4.69, 9.17) is 9.15 Å². The van der Waals surface area contributed by atoms with Gasteiger partial charge < -0.3 is 14.5 Å². The van der Waals surface area contributed by atoms with Gasteiger partial charge in [-0.05, 0) is 44.2 Å². The van der Waals surface area contributed by atoms with Crippen LogP contribution in [0.25, 0.3) is 11.0 Å². The van der Waals surface area contributed by atoms with Crippen molar-refractivity contribution < 1.29 is 28.3 Å². The first-order valence-electron chi connectivity index (χ1n) is 9.86. The Morgan fingerprint density at radius 3 is 2.31 bits per heavy atom. The quantitative estimate of drug-likeness (QED) is 0.282. The van der Waals surface area contributed by atoms with E-state index < -0.39 is 35.4 Å². The Morgan fingerprint density at radius 2 is 1.69 bits per heavy atom. The zero-order valence-corrected chi connectivity index (χ0v) is 17.2. The predicted octanol–water partition coefficient (Wildman–Crippen LogP) is 2.13. The van der Waals surface area contributed by atoms with Crippen LogP contribution < -0.4 is 15.7 Å². The largest absolute Gasteiger partial charge is 0.425 e. The lowest BCUT2D eigenvalue weighted by Gasteiger charge is -2.20. The molecule has 9 heteroatoms. The maximum atomic E-state index is 12.6. The first-order chi connectivity index (χ1) is 15.3. The fourth-order valence-electron chi connectivity index (χ4n) is 3.44. The minimum atomic E-state index is -1.18. The lowest BCUT2D eigenvalue weighted by atomic mass is 10.1. The molecule has 1 aliphatic heterocycles. The van der Waals surface area contributed by atoms with Crippen LogP contribution in [-0.2, 0) is 4.79 Å². The van der Waals surface area contributed by atoms with E-state index in [1.165, 1.54) is 43.3 Å². The molecule has 4 rings (SSSR count). The van der Waals surface area contributed by atoms with Crippen molar-refractivity contribution in [1.82, 2.24) is 10.2 Å². The van der Waals surface area contributed by atoms with Crippen molar-refractivity contribution in [3.63, 3.8) is 0 Å². The van der Waals surface area contributed by atoms with Crippen LogP contribution >= 0.6 is 0 Å². The second-order valence-corrected chi connectivity index (χ2v) is 7.13. The van der Waals surface area contributed by atoms with Gasteiger partial charge in [0.15, 0.2) is 0 Å². The highest BCUT2D eigenvalue weighted by molar-refractivity contribution is 6.22. The molecule has 162 valence electrons. The number of fused-ring (bicyclic) bond motifs is 2. The molecule has 0 aliphatic carbocycles. The van der Waals surface area contributed by atoms with Gasteiger partial charge in [-0.3, -0.25) is 19.3 Å². The summed E-state index contributed by atoms with van der Waals surface area (Å²) in [6.07, 6.45) is 0. The van der Waals surface area contributed by atoms with Gasteiger partial charge in [-0.15, -0.1) is 0 Å². The number of esters is 1. The summed E-state index contributed by atoms with van der Waals surface area (Å²) >= 11 is 0. The molecule has 0 spiro atoms. The molecular weight excluding hydrogens is 416 g/mol. The van der Waals surface area contributed by atoms with Crippen LogP contribution in [0.15, 0.2) is 57.7 Å². The molecule has 32 heavy (non-hydrogen) atoms. The maximum Gasteiger partial charge on any atom is 0.349 e. The van der Waals surface area contributed by atoms with E-state index in [2.05, 4.69) is 5.32 Å². The second-order valence-electron chi connectivity index (χ2n) is 7.13. The molecule has 2 aromatic carbocycles. The van der Waals surface area contributed by atoms with E-state index in [9.17, 15) is 24.0 Å². The van der Waals surface area contributed by atoms with E-state index in [-0.39, 0.29) is 28.0 Å². The molecule has 0 radical (unpaired) electrons. The van der Waals surface area contributed by atoms with Crippen molar-refractivity contribution >= 4 is 34.7 Å². The number of hydrogen-bond donors (Lipinski definition) is 1. The lowest BCUT2D eigenvalue weighted by Crippen LogP contribution is -2.44. The summed E-state index contributed by atoms with van der Waals surface area (Å²) in [6.45, 7) is 3.48. The molecule has 9 nitrogen and oxygen atoms in total. The van der Waals surface area contributed by atoms with Gasteiger partial charge in [0, 0.05) is 18.0 Å². The van der Waals surface area contributed by atoms with Crippen LogP contribution in [0, 0.1) is 0 Å². The van der Waals surface area contributed by atoms with Crippen molar-refractivity contribution in [2.24, 2.45) is 0 Å². The van der Waals surface area contributed by atoms with Crippen molar-refractivity contribution in [1.29, 1.82) is 0 Å². The van der Waals surface area contributed by atoms with Crippen LogP contribution in [0.1, 0.15) is 44.9 Å². The van der Waals surface area contributed by atoms with Gasteiger partial charge in [0.05, 0.1) is 11.1 Å². The Bertz CT molecular complexity index is 1310. The molecular formula is C23H18N2O7. The average Bonchev–Trinajstić information content (AvgIpc) is 3.03. The molecule has 0 fully saturated rings. The van der Waals surface area contributed by atoms with Gasteiger partial charge >= 0.3 is 11.6 Å². The summed E-state index contributed by atoms with van der Waals surface area (Å²) < 4.78 is 10.5. The summed E-state index contributed by atoms with van der Waals surface area (Å²) in [4.78, 5) is 62.7. The fraction of sp³-hybridized carbons (Fsp3) is 0.174. The van der Waals surface area contributed by atoms with Gasteiger partial charge in [-0.1, -0.05) is 12.1 Å². The Hall–Kier alpha value is -4.27. The molecule has 1 atom stereocenters. The number of carbonyl (C=O) groups excluding carboxylic acids is 4.